The van der Waals surface area contributed by atoms with E-state index >= 15 is 0 Å². The summed E-state index contributed by atoms with van der Waals surface area (Å²) in [6, 6.07) is 4.52. The quantitative estimate of drug-likeness (QED) is 0.894. The van der Waals surface area contributed by atoms with E-state index in [1.165, 1.54) is 16.4 Å². The monoisotopic (exact) mass is 338 g/mol. The molecule has 1 aromatic rings. The lowest BCUT2D eigenvalue weighted by molar-refractivity contribution is 0.472. The third kappa shape index (κ3) is 2.66. The van der Waals surface area contributed by atoms with Crippen LogP contribution in [0.15, 0.2) is 27.6 Å². The molecular weight excluding hydrogens is 328 g/mol. The first-order chi connectivity index (χ1) is 7.91. The Labute approximate surface area is 114 Å². The lowest BCUT2D eigenvalue weighted by atomic mass is 10.3. The topological polar surface area (TPSA) is 63.4 Å². The minimum absolute atomic E-state index is 0.0690. The molecule has 1 heterocycles. The number of hydrogen-bond acceptors (Lipinski definition) is 3. The smallest absolute Gasteiger partial charge is 0.243 e. The van der Waals surface area contributed by atoms with E-state index in [2.05, 4.69) is 15.9 Å². The number of nitrogens with zero attached hydrogens (tertiary/aromatic N) is 1. The van der Waals surface area contributed by atoms with Crippen molar-refractivity contribution in [2.75, 3.05) is 13.1 Å². The van der Waals surface area contributed by atoms with Gasteiger partial charge in [-0.15, -0.1) is 0 Å². The van der Waals surface area contributed by atoms with Crippen molar-refractivity contribution in [2.45, 2.75) is 17.4 Å². The van der Waals surface area contributed by atoms with Crippen LogP contribution in [-0.2, 0) is 10.0 Å². The summed E-state index contributed by atoms with van der Waals surface area (Å²) in [7, 11) is -3.45. The summed E-state index contributed by atoms with van der Waals surface area (Å²) in [6.45, 7) is 0.853. The molecule has 0 aromatic heterocycles. The van der Waals surface area contributed by atoms with Crippen LogP contribution in [0.25, 0.3) is 0 Å². The third-order valence-electron chi connectivity index (χ3n) is 2.72. The molecule has 4 nitrogen and oxygen atoms in total. The van der Waals surface area contributed by atoms with Crippen molar-refractivity contribution in [3.05, 3.63) is 27.7 Å². The molecule has 1 fully saturated rings. The van der Waals surface area contributed by atoms with Crippen molar-refractivity contribution in [1.29, 1.82) is 0 Å². The van der Waals surface area contributed by atoms with E-state index in [1.54, 1.807) is 6.07 Å². The highest BCUT2D eigenvalue weighted by Gasteiger charge is 2.31. The SMILES string of the molecule is NC1CCN(S(=O)(=O)c2ccc(Cl)c(Br)c2)C1. The molecule has 1 atom stereocenters. The molecule has 1 aliphatic heterocycles. The fourth-order valence-corrected chi connectivity index (χ4v) is 3.94. The van der Waals surface area contributed by atoms with Crippen LogP contribution in [0.3, 0.4) is 0 Å². The van der Waals surface area contributed by atoms with Gasteiger partial charge >= 0.3 is 0 Å². The molecule has 0 bridgehead atoms. The van der Waals surface area contributed by atoms with E-state index in [1.807, 2.05) is 0 Å². The molecule has 1 unspecified atom stereocenters. The van der Waals surface area contributed by atoms with Gasteiger partial charge in [0.2, 0.25) is 10.0 Å². The van der Waals surface area contributed by atoms with Crippen LogP contribution in [0.1, 0.15) is 6.42 Å². The maximum Gasteiger partial charge on any atom is 0.243 e. The van der Waals surface area contributed by atoms with Gasteiger partial charge in [-0.3, -0.25) is 0 Å². The average molecular weight is 340 g/mol. The van der Waals surface area contributed by atoms with Crippen molar-refractivity contribution in [1.82, 2.24) is 4.31 Å². The number of benzene rings is 1. The molecule has 2 rings (SSSR count). The van der Waals surface area contributed by atoms with Crippen LogP contribution >= 0.6 is 27.5 Å². The molecule has 1 aliphatic rings. The molecule has 0 radical (unpaired) electrons. The first-order valence-electron chi connectivity index (χ1n) is 5.12. The summed E-state index contributed by atoms with van der Waals surface area (Å²) < 4.78 is 26.5. The van der Waals surface area contributed by atoms with Gasteiger partial charge in [0.25, 0.3) is 0 Å². The highest BCUT2D eigenvalue weighted by molar-refractivity contribution is 9.10. The molecule has 7 heteroatoms. The minimum Gasteiger partial charge on any atom is -0.326 e. The van der Waals surface area contributed by atoms with Crippen LogP contribution in [0.4, 0.5) is 0 Å². The minimum atomic E-state index is -3.45. The van der Waals surface area contributed by atoms with E-state index in [0.717, 1.165) is 0 Å². The second kappa shape index (κ2) is 4.85. The molecule has 0 aliphatic carbocycles. The average Bonchev–Trinajstić information content (AvgIpc) is 2.69. The largest absolute Gasteiger partial charge is 0.326 e. The second-order valence-corrected chi connectivity index (χ2v) is 7.19. The van der Waals surface area contributed by atoms with Gasteiger partial charge in [-0.05, 0) is 40.5 Å². The number of hydrogen-bond donors (Lipinski definition) is 1. The Morgan fingerprint density at radius 1 is 1.47 bits per heavy atom. The lowest BCUT2D eigenvalue weighted by Crippen LogP contribution is -2.31. The molecule has 2 N–H and O–H groups in total. The molecule has 0 spiro atoms. The van der Waals surface area contributed by atoms with Crippen molar-refractivity contribution >= 4 is 37.6 Å². The second-order valence-electron chi connectivity index (χ2n) is 3.99. The number of nitrogens with two attached hydrogens (primary N) is 1. The number of rotatable bonds is 2. The van der Waals surface area contributed by atoms with Crippen molar-refractivity contribution in [3.8, 4) is 0 Å². The molecular formula is C10H12BrClN2O2S. The highest BCUT2D eigenvalue weighted by Crippen LogP contribution is 2.28. The van der Waals surface area contributed by atoms with E-state index in [0.29, 0.717) is 29.0 Å². The summed E-state index contributed by atoms with van der Waals surface area (Å²) in [4.78, 5) is 0.239. The molecule has 1 saturated heterocycles. The van der Waals surface area contributed by atoms with E-state index in [-0.39, 0.29) is 10.9 Å². The van der Waals surface area contributed by atoms with Gasteiger partial charge in [-0.2, -0.15) is 4.31 Å². The maximum atomic E-state index is 12.2. The van der Waals surface area contributed by atoms with Gasteiger partial charge < -0.3 is 5.73 Å². The summed E-state index contributed by atoms with van der Waals surface area (Å²) in [5.41, 5.74) is 5.72. The van der Waals surface area contributed by atoms with E-state index in [4.69, 9.17) is 17.3 Å². The Morgan fingerprint density at radius 2 is 2.18 bits per heavy atom. The van der Waals surface area contributed by atoms with Crippen LogP contribution in [0.5, 0.6) is 0 Å². The molecule has 1 aromatic carbocycles. The van der Waals surface area contributed by atoms with Crippen molar-refractivity contribution < 1.29 is 8.42 Å². The Kier molecular flexibility index (Phi) is 3.80. The number of sulfonamides is 1. The van der Waals surface area contributed by atoms with Gasteiger partial charge in [0.05, 0.1) is 9.92 Å². The molecule has 94 valence electrons. The Balaban J connectivity index is 2.35. The lowest BCUT2D eigenvalue weighted by Gasteiger charge is -2.16. The van der Waals surface area contributed by atoms with E-state index in [9.17, 15) is 8.42 Å². The zero-order valence-electron chi connectivity index (χ0n) is 8.94. The predicted octanol–water partition coefficient (Wildman–Crippen LogP) is 1.82. The van der Waals surface area contributed by atoms with Crippen molar-refractivity contribution in [2.24, 2.45) is 5.73 Å². The summed E-state index contributed by atoms with van der Waals surface area (Å²) >= 11 is 9.06. The highest BCUT2D eigenvalue weighted by atomic mass is 79.9. The van der Waals surface area contributed by atoms with Gasteiger partial charge in [-0.25, -0.2) is 8.42 Å². The molecule has 0 amide bonds. The van der Waals surface area contributed by atoms with Crippen LogP contribution in [0.2, 0.25) is 5.02 Å². The predicted molar refractivity (Wildman–Crippen MR) is 70.5 cm³/mol. The number of halogens is 2. The Hall–Kier alpha value is -0.140. The van der Waals surface area contributed by atoms with Gasteiger partial charge in [-0.1, -0.05) is 11.6 Å². The van der Waals surface area contributed by atoms with Gasteiger partial charge in [0, 0.05) is 23.6 Å². The van der Waals surface area contributed by atoms with Gasteiger partial charge in [0.1, 0.15) is 0 Å². The maximum absolute atomic E-state index is 12.2. The summed E-state index contributed by atoms with van der Waals surface area (Å²) in [5, 5.41) is 0.488. The van der Waals surface area contributed by atoms with Crippen molar-refractivity contribution in [3.63, 3.8) is 0 Å². The standard InChI is InChI=1S/C10H12BrClN2O2S/c11-9-5-8(1-2-10(9)12)17(15,16)14-4-3-7(13)6-14/h1-2,5,7H,3-4,6,13H2. The van der Waals surface area contributed by atoms with Crippen LogP contribution in [-0.4, -0.2) is 31.9 Å². The van der Waals surface area contributed by atoms with Gasteiger partial charge in [0.15, 0.2) is 0 Å². The fraction of sp³-hybridized carbons (Fsp3) is 0.400. The third-order valence-corrected chi connectivity index (χ3v) is 5.79. The zero-order valence-corrected chi connectivity index (χ0v) is 12.1. The molecule has 17 heavy (non-hydrogen) atoms. The van der Waals surface area contributed by atoms with E-state index < -0.39 is 10.0 Å². The summed E-state index contributed by atoms with van der Waals surface area (Å²) in [6.07, 6.45) is 0.702. The molecule has 0 saturated carbocycles. The van der Waals surface area contributed by atoms with Crippen LogP contribution in [0, 0.1) is 0 Å². The van der Waals surface area contributed by atoms with Crippen LogP contribution < -0.4 is 5.73 Å². The Bertz CT molecular complexity index is 535. The summed E-state index contributed by atoms with van der Waals surface area (Å²) in [5.74, 6) is 0. The first kappa shape index (κ1) is 13.3. The Morgan fingerprint density at radius 3 is 2.71 bits per heavy atom. The first-order valence-corrected chi connectivity index (χ1v) is 7.73. The normalized spacial score (nSPS) is 21.9. The zero-order chi connectivity index (χ0) is 12.6. The fourth-order valence-electron chi connectivity index (χ4n) is 1.76.